The molecule has 4 rings (SSSR count). The first kappa shape index (κ1) is 19.6. The summed E-state index contributed by atoms with van der Waals surface area (Å²) >= 11 is 0. The molecule has 0 atom stereocenters. The van der Waals surface area contributed by atoms with Gasteiger partial charge in [0.1, 0.15) is 0 Å². The molecule has 150 valence electrons. The van der Waals surface area contributed by atoms with E-state index in [1.165, 1.54) is 11.1 Å². The molecule has 0 aliphatic rings. The second-order valence-corrected chi connectivity index (χ2v) is 7.44. The van der Waals surface area contributed by atoms with Crippen molar-refractivity contribution >= 4 is 5.91 Å². The quantitative estimate of drug-likeness (QED) is 0.459. The first-order chi connectivity index (χ1) is 14.5. The molecule has 1 aromatic heterocycles. The Morgan fingerprint density at radius 3 is 2.00 bits per heavy atom. The summed E-state index contributed by atoms with van der Waals surface area (Å²) in [7, 11) is 1.81. The lowest BCUT2D eigenvalue weighted by molar-refractivity contribution is 0.0785. The van der Waals surface area contributed by atoms with Crippen LogP contribution in [0.1, 0.15) is 27.0 Å². The zero-order chi connectivity index (χ0) is 21.1. The van der Waals surface area contributed by atoms with E-state index in [9.17, 15) is 4.79 Å². The largest absolute Gasteiger partial charge is 0.416 e. The smallest absolute Gasteiger partial charge is 0.253 e. The summed E-state index contributed by atoms with van der Waals surface area (Å²) < 4.78 is 5.82. The number of rotatable bonds is 5. The fourth-order valence-electron chi connectivity index (χ4n) is 3.24. The average molecular weight is 397 g/mol. The van der Waals surface area contributed by atoms with Gasteiger partial charge in [-0.1, -0.05) is 42.0 Å². The van der Waals surface area contributed by atoms with Gasteiger partial charge in [-0.3, -0.25) is 4.79 Å². The van der Waals surface area contributed by atoms with Gasteiger partial charge in [-0.2, -0.15) is 0 Å². The van der Waals surface area contributed by atoms with Crippen molar-refractivity contribution in [1.82, 2.24) is 15.1 Å². The maximum absolute atomic E-state index is 12.8. The molecule has 5 nitrogen and oxygen atoms in total. The molecular formula is C25H23N3O2. The average Bonchev–Trinajstić information content (AvgIpc) is 3.26. The zero-order valence-electron chi connectivity index (χ0n) is 17.3. The third-order valence-electron chi connectivity index (χ3n) is 5.12. The lowest BCUT2D eigenvalue weighted by Gasteiger charge is -2.18. The van der Waals surface area contributed by atoms with E-state index in [2.05, 4.69) is 23.2 Å². The summed E-state index contributed by atoms with van der Waals surface area (Å²) in [5, 5.41) is 8.29. The van der Waals surface area contributed by atoms with Gasteiger partial charge in [0.25, 0.3) is 5.91 Å². The first-order valence-corrected chi connectivity index (χ1v) is 9.82. The molecule has 0 aliphatic carbocycles. The Morgan fingerprint density at radius 1 is 0.833 bits per heavy atom. The number of carbonyl (C=O) groups excluding carboxylic acids is 1. The van der Waals surface area contributed by atoms with Crippen LogP contribution in [0.2, 0.25) is 0 Å². The number of hydrogen-bond acceptors (Lipinski definition) is 4. The predicted octanol–water partition coefficient (Wildman–Crippen LogP) is 5.29. The molecule has 1 amide bonds. The van der Waals surface area contributed by atoms with Crippen molar-refractivity contribution in [3.8, 4) is 22.9 Å². The van der Waals surface area contributed by atoms with Crippen LogP contribution in [0, 0.1) is 13.8 Å². The topological polar surface area (TPSA) is 59.2 Å². The van der Waals surface area contributed by atoms with Crippen LogP contribution < -0.4 is 0 Å². The molecule has 0 saturated heterocycles. The van der Waals surface area contributed by atoms with Gasteiger partial charge in [-0.25, -0.2) is 0 Å². The van der Waals surface area contributed by atoms with E-state index in [-0.39, 0.29) is 5.91 Å². The van der Waals surface area contributed by atoms with Crippen LogP contribution in [-0.2, 0) is 6.54 Å². The van der Waals surface area contributed by atoms with Crippen molar-refractivity contribution in [3.05, 3.63) is 95.1 Å². The molecule has 3 aromatic carbocycles. The lowest BCUT2D eigenvalue weighted by atomic mass is 10.1. The Morgan fingerprint density at radius 2 is 1.40 bits per heavy atom. The summed E-state index contributed by atoms with van der Waals surface area (Å²) in [6, 6.07) is 23.3. The van der Waals surface area contributed by atoms with Crippen molar-refractivity contribution in [2.45, 2.75) is 20.4 Å². The molecule has 4 aromatic rings. The molecule has 0 aliphatic heterocycles. The molecule has 0 bridgehead atoms. The normalized spacial score (nSPS) is 10.8. The number of aromatic nitrogens is 2. The fourth-order valence-corrected chi connectivity index (χ4v) is 3.24. The highest BCUT2D eigenvalue weighted by molar-refractivity contribution is 5.94. The highest BCUT2D eigenvalue weighted by Gasteiger charge is 2.15. The predicted molar refractivity (Wildman–Crippen MR) is 117 cm³/mol. The van der Waals surface area contributed by atoms with Crippen LogP contribution in [0.15, 0.2) is 77.2 Å². The van der Waals surface area contributed by atoms with E-state index in [1.54, 1.807) is 17.0 Å². The van der Waals surface area contributed by atoms with Gasteiger partial charge in [0.2, 0.25) is 11.8 Å². The monoisotopic (exact) mass is 397 g/mol. The highest BCUT2D eigenvalue weighted by atomic mass is 16.4. The van der Waals surface area contributed by atoms with Gasteiger partial charge in [0.05, 0.1) is 0 Å². The summed E-state index contributed by atoms with van der Waals surface area (Å²) in [6.07, 6.45) is 0. The van der Waals surface area contributed by atoms with Crippen LogP contribution in [-0.4, -0.2) is 28.1 Å². The van der Waals surface area contributed by atoms with Crippen LogP contribution in [0.25, 0.3) is 22.9 Å². The van der Waals surface area contributed by atoms with E-state index in [0.29, 0.717) is 23.9 Å². The number of carbonyl (C=O) groups is 1. The highest BCUT2D eigenvalue weighted by Crippen LogP contribution is 2.24. The van der Waals surface area contributed by atoms with Gasteiger partial charge in [0.15, 0.2) is 0 Å². The van der Waals surface area contributed by atoms with Gasteiger partial charge in [-0.05, 0) is 61.4 Å². The molecule has 0 saturated carbocycles. The second-order valence-electron chi connectivity index (χ2n) is 7.44. The van der Waals surface area contributed by atoms with Crippen LogP contribution >= 0.6 is 0 Å². The standard InChI is InChI=1S/C25H23N3O2/c1-17-8-10-19(11-9-17)23-26-27-24(30-23)20-12-14-21(15-13-20)25(29)28(3)16-22-7-5-4-6-18(22)2/h4-15H,16H2,1-3H3. The van der Waals surface area contributed by atoms with E-state index in [1.807, 2.05) is 68.6 Å². The van der Waals surface area contributed by atoms with Crippen molar-refractivity contribution < 1.29 is 9.21 Å². The Balaban J connectivity index is 1.48. The Kier molecular flexibility index (Phi) is 5.44. The minimum absolute atomic E-state index is 0.0318. The number of benzene rings is 3. The second kappa shape index (κ2) is 8.33. The van der Waals surface area contributed by atoms with E-state index in [4.69, 9.17) is 4.42 Å². The maximum atomic E-state index is 12.8. The van der Waals surface area contributed by atoms with Crippen LogP contribution in [0.4, 0.5) is 0 Å². The molecule has 0 spiro atoms. The minimum atomic E-state index is -0.0318. The Bertz CT molecular complexity index is 1160. The molecule has 30 heavy (non-hydrogen) atoms. The van der Waals surface area contributed by atoms with Gasteiger partial charge >= 0.3 is 0 Å². The Hall–Kier alpha value is -3.73. The summed E-state index contributed by atoms with van der Waals surface area (Å²) in [6.45, 7) is 4.65. The van der Waals surface area contributed by atoms with E-state index in [0.717, 1.165) is 16.7 Å². The first-order valence-electron chi connectivity index (χ1n) is 9.82. The van der Waals surface area contributed by atoms with Crippen molar-refractivity contribution in [1.29, 1.82) is 0 Å². The van der Waals surface area contributed by atoms with Crippen molar-refractivity contribution in [2.24, 2.45) is 0 Å². The summed E-state index contributed by atoms with van der Waals surface area (Å²) in [5.74, 6) is 0.872. The van der Waals surface area contributed by atoms with Crippen molar-refractivity contribution in [3.63, 3.8) is 0 Å². The third kappa shape index (κ3) is 4.15. The van der Waals surface area contributed by atoms with E-state index >= 15 is 0 Å². The lowest BCUT2D eigenvalue weighted by Crippen LogP contribution is -2.26. The fraction of sp³-hybridized carbons (Fsp3) is 0.160. The third-order valence-corrected chi connectivity index (χ3v) is 5.12. The SMILES string of the molecule is Cc1ccc(-c2nnc(-c3ccc(C(=O)N(C)Cc4ccccc4C)cc3)o2)cc1. The van der Waals surface area contributed by atoms with Gasteiger partial charge < -0.3 is 9.32 Å². The van der Waals surface area contributed by atoms with Crippen molar-refractivity contribution in [2.75, 3.05) is 7.05 Å². The van der Waals surface area contributed by atoms with Crippen LogP contribution in [0.5, 0.6) is 0 Å². The van der Waals surface area contributed by atoms with Crippen LogP contribution in [0.3, 0.4) is 0 Å². The summed E-state index contributed by atoms with van der Waals surface area (Å²) in [5.41, 5.74) is 5.76. The van der Waals surface area contributed by atoms with E-state index < -0.39 is 0 Å². The molecule has 0 N–H and O–H groups in total. The van der Waals surface area contributed by atoms with Gasteiger partial charge in [-0.15, -0.1) is 10.2 Å². The van der Waals surface area contributed by atoms with Gasteiger partial charge in [0, 0.05) is 30.3 Å². The molecule has 5 heteroatoms. The zero-order valence-corrected chi connectivity index (χ0v) is 17.3. The number of aryl methyl sites for hydroxylation is 2. The number of nitrogens with zero attached hydrogens (tertiary/aromatic N) is 3. The number of amides is 1. The minimum Gasteiger partial charge on any atom is -0.416 e. The number of hydrogen-bond donors (Lipinski definition) is 0. The molecule has 0 unspecified atom stereocenters. The molecular weight excluding hydrogens is 374 g/mol. The molecule has 0 fully saturated rings. The maximum Gasteiger partial charge on any atom is 0.253 e. The Labute approximate surface area is 176 Å². The molecule has 0 radical (unpaired) electrons. The molecule has 1 heterocycles. The summed E-state index contributed by atoms with van der Waals surface area (Å²) in [4.78, 5) is 14.5.